The minimum atomic E-state index is -3.65. The van der Waals surface area contributed by atoms with Gasteiger partial charge >= 0.3 is 0 Å². The molecule has 0 fully saturated rings. The minimum absolute atomic E-state index is 0.151. The van der Waals surface area contributed by atoms with Gasteiger partial charge in [0.05, 0.1) is 4.90 Å². The molecule has 0 radical (unpaired) electrons. The molecular weight excluding hydrogens is 286 g/mol. The molecule has 0 spiro atoms. The van der Waals surface area contributed by atoms with E-state index in [-0.39, 0.29) is 11.5 Å². The van der Waals surface area contributed by atoms with E-state index >= 15 is 0 Å². The normalized spacial score (nSPS) is 11.9. The molecule has 0 atom stereocenters. The fourth-order valence-electron chi connectivity index (χ4n) is 2.21. The van der Waals surface area contributed by atoms with Crippen molar-refractivity contribution < 1.29 is 13.5 Å². The molecule has 1 rings (SSSR count). The zero-order valence-electron chi connectivity index (χ0n) is 13.0. The van der Waals surface area contributed by atoms with Crippen molar-refractivity contribution >= 4 is 10.0 Å². The van der Waals surface area contributed by atoms with E-state index in [1.807, 2.05) is 27.7 Å². The maximum atomic E-state index is 12.6. The number of hydrogen-bond donors (Lipinski definition) is 2. The Morgan fingerprint density at radius 3 is 2.57 bits per heavy atom. The number of aliphatic hydroxyl groups is 1. The van der Waals surface area contributed by atoms with Crippen molar-refractivity contribution in [2.45, 2.75) is 51.0 Å². The van der Waals surface area contributed by atoms with Gasteiger partial charge in [0.25, 0.3) is 0 Å². The van der Waals surface area contributed by atoms with Crippen molar-refractivity contribution in [3.63, 3.8) is 0 Å². The highest BCUT2D eigenvalue weighted by Crippen LogP contribution is 2.20. The zero-order valence-corrected chi connectivity index (χ0v) is 13.8. The quantitative estimate of drug-likeness (QED) is 0.819. The van der Waals surface area contributed by atoms with Gasteiger partial charge in [0.1, 0.15) is 6.61 Å². The summed E-state index contributed by atoms with van der Waals surface area (Å²) in [6, 6.07) is 5.01. The zero-order chi connectivity index (χ0) is 16.1. The molecule has 0 amide bonds. The first-order valence-corrected chi connectivity index (χ1v) is 8.44. The molecule has 21 heavy (non-hydrogen) atoms. The van der Waals surface area contributed by atoms with Crippen molar-refractivity contribution in [2.24, 2.45) is 0 Å². The third-order valence-corrected chi connectivity index (χ3v) is 4.77. The number of nitrogens with one attached hydrogen (secondary N) is 1. The topological polar surface area (TPSA) is 66.4 Å². The largest absolute Gasteiger partial charge is 0.384 e. The van der Waals surface area contributed by atoms with Crippen molar-refractivity contribution in [1.82, 2.24) is 4.72 Å². The van der Waals surface area contributed by atoms with Gasteiger partial charge < -0.3 is 5.11 Å². The standard InChI is InChI=1S/C16H23NO3S/c1-5-10-16(3,4)17-21(19,20)15-9-8-13(2)12-14(15)7-6-11-18/h8-9,12,17-18H,5,10-11H2,1-4H3. The fourth-order valence-corrected chi connectivity index (χ4v) is 3.79. The fraction of sp³-hybridized carbons (Fsp3) is 0.500. The molecule has 4 nitrogen and oxygen atoms in total. The average molecular weight is 309 g/mol. The molecule has 0 aliphatic carbocycles. The van der Waals surface area contributed by atoms with E-state index < -0.39 is 15.6 Å². The van der Waals surface area contributed by atoms with Crippen LogP contribution in [0.2, 0.25) is 0 Å². The maximum Gasteiger partial charge on any atom is 0.242 e. The van der Waals surface area contributed by atoms with Gasteiger partial charge in [0, 0.05) is 11.1 Å². The lowest BCUT2D eigenvalue weighted by molar-refractivity contribution is 0.350. The van der Waals surface area contributed by atoms with Crippen molar-refractivity contribution in [1.29, 1.82) is 0 Å². The molecule has 2 N–H and O–H groups in total. The van der Waals surface area contributed by atoms with E-state index in [0.717, 1.165) is 18.4 Å². The number of sulfonamides is 1. The van der Waals surface area contributed by atoms with Crippen LogP contribution in [-0.2, 0) is 10.0 Å². The Bertz CT molecular complexity index is 652. The van der Waals surface area contributed by atoms with E-state index in [1.165, 1.54) is 0 Å². The predicted molar refractivity (Wildman–Crippen MR) is 84.5 cm³/mol. The van der Waals surface area contributed by atoms with Gasteiger partial charge in [0.15, 0.2) is 0 Å². The second-order valence-electron chi connectivity index (χ2n) is 5.70. The Balaban J connectivity index is 3.25. The molecule has 0 heterocycles. The number of aryl methyl sites for hydroxylation is 1. The molecule has 116 valence electrons. The molecule has 1 aromatic rings. The molecule has 0 aromatic heterocycles. The minimum Gasteiger partial charge on any atom is -0.384 e. The van der Waals surface area contributed by atoms with Crippen molar-refractivity contribution in [2.75, 3.05) is 6.61 Å². The molecule has 0 saturated carbocycles. The van der Waals surface area contributed by atoms with Gasteiger partial charge in [-0.3, -0.25) is 0 Å². The van der Waals surface area contributed by atoms with Crippen LogP contribution in [0.4, 0.5) is 0 Å². The van der Waals surface area contributed by atoms with Crippen LogP contribution in [0.1, 0.15) is 44.7 Å². The molecule has 0 saturated heterocycles. The molecule has 0 bridgehead atoms. The summed E-state index contributed by atoms with van der Waals surface area (Å²) in [5.41, 5.74) is 0.813. The van der Waals surface area contributed by atoms with E-state index in [1.54, 1.807) is 18.2 Å². The van der Waals surface area contributed by atoms with Crippen LogP contribution in [0, 0.1) is 18.8 Å². The summed E-state index contributed by atoms with van der Waals surface area (Å²) >= 11 is 0. The lowest BCUT2D eigenvalue weighted by atomic mass is 10.0. The Hall–Kier alpha value is -1.35. The van der Waals surface area contributed by atoms with Crippen LogP contribution in [0.5, 0.6) is 0 Å². The Kier molecular flexibility index (Phi) is 5.97. The van der Waals surface area contributed by atoms with Gasteiger partial charge in [-0.1, -0.05) is 31.3 Å². The highest BCUT2D eigenvalue weighted by atomic mass is 32.2. The molecule has 0 aliphatic rings. The SMILES string of the molecule is CCCC(C)(C)NS(=O)(=O)c1ccc(C)cc1C#CCO. The van der Waals surface area contributed by atoms with Crippen molar-refractivity contribution in [3.05, 3.63) is 29.3 Å². The maximum absolute atomic E-state index is 12.6. The summed E-state index contributed by atoms with van der Waals surface area (Å²) in [4.78, 5) is 0.151. The number of benzene rings is 1. The third kappa shape index (κ3) is 5.16. The monoisotopic (exact) mass is 309 g/mol. The van der Waals surface area contributed by atoms with E-state index in [9.17, 15) is 8.42 Å². The van der Waals surface area contributed by atoms with Crippen LogP contribution in [0.15, 0.2) is 23.1 Å². The van der Waals surface area contributed by atoms with E-state index in [4.69, 9.17) is 5.11 Å². The third-order valence-electron chi connectivity index (χ3n) is 3.01. The summed E-state index contributed by atoms with van der Waals surface area (Å²) in [6.45, 7) is 7.31. The Labute approximate surface area is 127 Å². The lowest BCUT2D eigenvalue weighted by Crippen LogP contribution is -2.43. The van der Waals surface area contributed by atoms with Crippen LogP contribution < -0.4 is 4.72 Å². The van der Waals surface area contributed by atoms with Crippen LogP contribution in [-0.4, -0.2) is 25.7 Å². The average Bonchev–Trinajstić information content (AvgIpc) is 2.34. The number of hydrogen-bond acceptors (Lipinski definition) is 3. The van der Waals surface area contributed by atoms with Gasteiger partial charge in [-0.25, -0.2) is 13.1 Å². The first kappa shape index (κ1) is 17.7. The summed E-state index contributed by atoms with van der Waals surface area (Å²) < 4.78 is 27.9. The molecule has 0 unspecified atom stereocenters. The molecular formula is C16H23NO3S. The van der Waals surface area contributed by atoms with Gasteiger partial charge in [-0.2, -0.15) is 0 Å². The summed E-state index contributed by atoms with van der Waals surface area (Å²) in [5, 5.41) is 8.81. The number of rotatable bonds is 5. The predicted octanol–water partition coefficient (Wildman–Crippen LogP) is 2.20. The van der Waals surface area contributed by atoms with E-state index in [2.05, 4.69) is 16.6 Å². The smallest absolute Gasteiger partial charge is 0.242 e. The summed E-state index contributed by atoms with van der Waals surface area (Å²) in [5.74, 6) is 5.21. The second kappa shape index (κ2) is 7.08. The molecule has 0 aliphatic heterocycles. The molecule has 1 aromatic carbocycles. The highest BCUT2D eigenvalue weighted by Gasteiger charge is 2.26. The Morgan fingerprint density at radius 1 is 1.33 bits per heavy atom. The van der Waals surface area contributed by atoms with E-state index in [0.29, 0.717) is 5.56 Å². The van der Waals surface area contributed by atoms with Gasteiger partial charge in [-0.15, -0.1) is 0 Å². The van der Waals surface area contributed by atoms with Crippen LogP contribution >= 0.6 is 0 Å². The van der Waals surface area contributed by atoms with Crippen LogP contribution in [0.3, 0.4) is 0 Å². The lowest BCUT2D eigenvalue weighted by Gasteiger charge is -2.25. The Morgan fingerprint density at radius 2 is 2.00 bits per heavy atom. The summed E-state index contributed by atoms with van der Waals surface area (Å²) in [6.07, 6.45) is 1.64. The number of aliphatic hydroxyl groups excluding tert-OH is 1. The highest BCUT2D eigenvalue weighted by molar-refractivity contribution is 7.89. The van der Waals surface area contributed by atoms with Crippen molar-refractivity contribution in [3.8, 4) is 11.8 Å². The van der Waals surface area contributed by atoms with Gasteiger partial charge in [-0.05, 0) is 44.9 Å². The first-order valence-electron chi connectivity index (χ1n) is 6.96. The van der Waals surface area contributed by atoms with Crippen LogP contribution in [0.25, 0.3) is 0 Å². The second-order valence-corrected chi connectivity index (χ2v) is 7.35. The van der Waals surface area contributed by atoms with Gasteiger partial charge in [0.2, 0.25) is 10.0 Å². The summed E-state index contributed by atoms with van der Waals surface area (Å²) in [7, 11) is -3.65. The first-order chi connectivity index (χ1) is 9.72. The molecule has 5 heteroatoms.